The zero-order chi connectivity index (χ0) is 12.5. The van der Waals surface area contributed by atoms with Gasteiger partial charge in [-0.15, -0.1) is 10.2 Å². The zero-order valence-electron chi connectivity index (χ0n) is 9.58. The number of anilines is 1. The maximum absolute atomic E-state index is 4.37. The van der Waals surface area contributed by atoms with Gasteiger partial charge in [0.05, 0.1) is 6.54 Å². The van der Waals surface area contributed by atoms with Crippen LogP contribution in [0.25, 0.3) is 5.65 Å². The average molecular weight is 308 g/mol. The summed E-state index contributed by atoms with van der Waals surface area (Å²) in [4.78, 5) is 8.62. The second kappa shape index (κ2) is 4.37. The third-order valence-electron chi connectivity index (χ3n) is 2.56. The van der Waals surface area contributed by atoms with Gasteiger partial charge < -0.3 is 14.3 Å². The summed E-state index contributed by atoms with van der Waals surface area (Å²) < 4.78 is 4.50. The third-order valence-corrected chi connectivity index (χ3v) is 2.95. The van der Waals surface area contributed by atoms with Crippen LogP contribution in [-0.2, 0) is 13.6 Å². The molecule has 0 aromatic carbocycles. The average Bonchev–Trinajstić information content (AvgIpc) is 2.94. The Balaban J connectivity index is 1.90. The molecule has 0 spiro atoms. The van der Waals surface area contributed by atoms with Crippen LogP contribution >= 0.6 is 15.9 Å². The molecule has 0 aliphatic heterocycles. The highest BCUT2D eigenvalue weighted by molar-refractivity contribution is 9.10. The molecule has 0 aliphatic carbocycles. The lowest BCUT2D eigenvalue weighted by Gasteiger charge is -2.06. The van der Waals surface area contributed by atoms with Crippen molar-refractivity contribution >= 4 is 27.4 Å². The van der Waals surface area contributed by atoms with E-state index in [1.807, 2.05) is 28.4 Å². The summed E-state index contributed by atoms with van der Waals surface area (Å²) in [7, 11) is 1.90. The van der Waals surface area contributed by atoms with Crippen molar-refractivity contribution in [1.29, 1.82) is 0 Å². The molecule has 0 saturated heterocycles. The molecule has 18 heavy (non-hydrogen) atoms. The van der Waals surface area contributed by atoms with Crippen molar-refractivity contribution in [1.82, 2.24) is 29.1 Å². The van der Waals surface area contributed by atoms with Crippen molar-refractivity contribution in [3.63, 3.8) is 0 Å². The quantitative estimate of drug-likeness (QED) is 0.788. The lowest BCUT2D eigenvalue weighted by molar-refractivity contribution is 0.809. The van der Waals surface area contributed by atoms with Gasteiger partial charge in [0.25, 0.3) is 0 Å². The summed E-state index contributed by atoms with van der Waals surface area (Å²) in [6.45, 7) is 0.544. The van der Waals surface area contributed by atoms with Crippen LogP contribution in [0.3, 0.4) is 0 Å². The number of halogens is 1. The minimum Gasteiger partial charge on any atom is -0.360 e. The molecule has 92 valence electrons. The highest BCUT2D eigenvalue weighted by Gasteiger charge is 2.07. The number of nitrogens with zero attached hydrogens (tertiary/aromatic N) is 6. The van der Waals surface area contributed by atoms with E-state index in [1.165, 1.54) is 0 Å². The molecule has 8 heteroatoms. The van der Waals surface area contributed by atoms with Crippen molar-refractivity contribution in [2.45, 2.75) is 6.54 Å². The van der Waals surface area contributed by atoms with Crippen LogP contribution in [0, 0.1) is 0 Å². The first-order valence-corrected chi connectivity index (χ1v) is 6.09. The van der Waals surface area contributed by atoms with Crippen LogP contribution in [0.2, 0.25) is 0 Å². The van der Waals surface area contributed by atoms with E-state index in [0.29, 0.717) is 12.4 Å². The van der Waals surface area contributed by atoms with Gasteiger partial charge in [-0.2, -0.15) is 0 Å². The van der Waals surface area contributed by atoms with E-state index in [-0.39, 0.29) is 0 Å². The Morgan fingerprint density at radius 2 is 2.33 bits per heavy atom. The Morgan fingerprint density at radius 3 is 3.11 bits per heavy atom. The lowest BCUT2D eigenvalue weighted by Crippen LogP contribution is -2.08. The highest BCUT2D eigenvalue weighted by atomic mass is 79.9. The van der Waals surface area contributed by atoms with E-state index in [4.69, 9.17) is 0 Å². The molecule has 3 aromatic heterocycles. The molecule has 0 radical (unpaired) electrons. The number of aromatic nitrogens is 6. The first-order valence-electron chi connectivity index (χ1n) is 5.30. The van der Waals surface area contributed by atoms with E-state index in [2.05, 4.69) is 41.4 Å². The van der Waals surface area contributed by atoms with Gasteiger partial charge in [-0.25, -0.2) is 9.97 Å². The van der Waals surface area contributed by atoms with Gasteiger partial charge in [-0.3, -0.25) is 0 Å². The molecule has 7 nitrogen and oxygen atoms in total. The van der Waals surface area contributed by atoms with Gasteiger partial charge in [-0.1, -0.05) is 0 Å². The van der Waals surface area contributed by atoms with Crippen molar-refractivity contribution in [2.24, 2.45) is 7.05 Å². The van der Waals surface area contributed by atoms with Crippen LogP contribution in [0.5, 0.6) is 0 Å². The minimum atomic E-state index is 0.544. The van der Waals surface area contributed by atoms with Crippen LogP contribution < -0.4 is 5.32 Å². The number of hydrogen-bond donors (Lipinski definition) is 1. The van der Waals surface area contributed by atoms with Gasteiger partial charge >= 0.3 is 0 Å². The maximum Gasteiger partial charge on any atom is 0.180 e. The van der Waals surface area contributed by atoms with Crippen molar-refractivity contribution in [3.8, 4) is 0 Å². The molecule has 1 N–H and O–H groups in total. The van der Waals surface area contributed by atoms with Gasteiger partial charge in [0, 0.05) is 25.6 Å². The predicted octanol–water partition coefficient (Wildman–Crippen LogP) is 1.23. The molecular weight excluding hydrogens is 298 g/mol. The van der Waals surface area contributed by atoms with Gasteiger partial charge in [0.15, 0.2) is 17.3 Å². The van der Waals surface area contributed by atoms with Crippen LogP contribution in [0.4, 0.5) is 5.82 Å². The fourth-order valence-corrected chi connectivity index (χ4v) is 2.05. The topological polar surface area (TPSA) is 72.9 Å². The maximum atomic E-state index is 4.37. The summed E-state index contributed by atoms with van der Waals surface area (Å²) in [5, 5.41) is 11.0. The van der Waals surface area contributed by atoms with E-state index in [1.54, 1.807) is 12.5 Å². The van der Waals surface area contributed by atoms with E-state index < -0.39 is 0 Å². The standard InChI is InChI=1S/C10H10BrN7/c1-17-6-14-16-8(17)4-13-9-10-12-2-3-18(10)5-7(11)15-9/h2-3,5-6H,4H2,1H3,(H,13,15). The Labute approximate surface area is 111 Å². The van der Waals surface area contributed by atoms with E-state index in [9.17, 15) is 0 Å². The molecular formula is C10H10BrN7. The second-order valence-corrected chi connectivity index (χ2v) is 4.59. The molecule has 3 heterocycles. The fourth-order valence-electron chi connectivity index (χ4n) is 1.65. The van der Waals surface area contributed by atoms with Crippen LogP contribution in [0.15, 0.2) is 29.5 Å². The molecule has 0 aliphatic rings. The number of aryl methyl sites for hydroxylation is 1. The minimum absolute atomic E-state index is 0.544. The normalized spacial score (nSPS) is 11.0. The van der Waals surface area contributed by atoms with E-state index >= 15 is 0 Å². The molecule has 0 bridgehead atoms. The lowest BCUT2D eigenvalue weighted by atomic mass is 10.5. The molecule has 0 saturated carbocycles. The third kappa shape index (κ3) is 1.94. The molecule has 3 rings (SSSR count). The van der Waals surface area contributed by atoms with E-state index in [0.717, 1.165) is 16.1 Å². The molecule has 3 aromatic rings. The number of nitrogens with one attached hydrogen (secondary N) is 1. The van der Waals surface area contributed by atoms with Crippen molar-refractivity contribution in [2.75, 3.05) is 5.32 Å². The van der Waals surface area contributed by atoms with Gasteiger partial charge in [0.2, 0.25) is 0 Å². The Hall–Kier alpha value is -1.96. The van der Waals surface area contributed by atoms with Crippen LogP contribution in [-0.4, -0.2) is 29.1 Å². The number of rotatable bonds is 3. The van der Waals surface area contributed by atoms with Crippen molar-refractivity contribution in [3.05, 3.63) is 35.3 Å². The summed E-state index contributed by atoms with van der Waals surface area (Å²) >= 11 is 3.37. The summed E-state index contributed by atoms with van der Waals surface area (Å²) in [5.41, 5.74) is 0.778. The molecule has 0 fully saturated rings. The number of hydrogen-bond acceptors (Lipinski definition) is 5. The molecule has 0 amide bonds. The van der Waals surface area contributed by atoms with Gasteiger partial charge in [-0.05, 0) is 15.9 Å². The smallest absolute Gasteiger partial charge is 0.180 e. The Bertz CT molecular complexity index is 686. The number of fused-ring (bicyclic) bond motifs is 1. The Kier molecular flexibility index (Phi) is 2.71. The Morgan fingerprint density at radius 1 is 1.44 bits per heavy atom. The van der Waals surface area contributed by atoms with Gasteiger partial charge in [0.1, 0.15) is 10.9 Å². The largest absolute Gasteiger partial charge is 0.360 e. The molecule has 0 atom stereocenters. The zero-order valence-corrected chi connectivity index (χ0v) is 11.2. The second-order valence-electron chi connectivity index (χ2n) is 3.78. The first-order chi connectivity index (χ1) is 8.74. The first kappa shape index (κ1) is 11.1. The monoisotopic (exact) mass is 307 g/mol. The summed E-state index contributed by atoms with van der Waals surface area (Å²) in [6.07, 6.45) is 7.12. The summed E-state index contributed by atoms with van der Waals surface area (Å²) in [5.74, 6) is 1.54. The van der Waals surface area contributed by atoms with Crippen LogP contribution in [0.1, 0.15) is 5.82 Å². The number of imidazole rings is 1. The van der Waals surface area contributed by atoms with Crippen molar-refractivity contribution < 1.29 is 0 Å². The SMILES string of the molecule is Cn1cnnc1CNc1nc(Br)cn2ccnc12. The predicted molar refractivity (Wildman–Crippen MR) is 69.0 cm³/mol. The highest BCUT2D eigenvalue weighted by Crippen LogP contribution is 2.17. The summed E-state index contributed by atoms with van der Waals surface area (Å²) in [6, 6.07) is 0. The molecule has 0 unspecified atom stereocenters. The fraction of sp³-hybridized carbons (Fsp3) is 0.200.